The molecule has 10 heteroatoms. The lowest BCUT2D eigenvalue weighted by Gasteiger charge is -2.21. The summed E-state index contributed by atoms with van der Waals surface area (Å²) in [5.41, 5.74) is 0.510. The Bertz CT molecular complexity index is 786. The first kappa shape index (κ1) is 17.2. The number of benzene rings is 1. The minimum absolute atomic E-state index is 0.148. The second-order valence-corrected chi connectivity index (χ2v) is 10.2. The van der Waals surface area contributed by atoms with Crippen molar-refractivity contribution in [3.8, 4) is 0 Å². The lowest BCUT2D eigenvalue weighted by Crippen LogP contribution is -2.53. The summed E-state index contributed by atoms with van der Waals surface area (Å²) in [6, 6.07) is 6.59. The molecule has 1 aromatic carbocycles. The normalized spacial score (nSPS) is 18.7. The maximum atomic E-state index is 12.4. The van der Waals surface area contributed by atoms with Crippen molar-refractivity contribution in [2.75, 3.05) is 19.1 Å². The topological polar surface area (TPSA) is 97.8 Å². The summed E-state index contributed by atoms with van der Waals surface area (Å²) < 4.78 is 45.2. The number of hydrogen-bond acceptors (Lipinski definition) is 6. The fourth-order valence-electron chi connectivity index (χ4n) is 2.18. The highest BCUT2D eigenvalue weighted by Gasteiger charge is 2.63. The zero-order chi connectivity index (χ0) is 16.8. The van der Waals surface area contributed by atoms with E-state index in [0.29, 0.717) is 23.1 Å². The van der Waals surface area contributed by atoms with Crippen LogP contribution in [0.25, 0.3) is 0 Å². The third-order valence-electron chi connectivity index (χ3n) is 3.43. The number of hydrogen-bond donors (Lipinski definition) is 0. The van der Waals surface area contributed by atoms with Crippen LogP contribution in [0.2, 0.25) is 5.02 Å². The first-order valence-electron chi connectivity index (χ1n) is 6.08. The third-order valence-corrected chi connectivity index (χ3v) is 8.60. The number of amides is 1. The first-order chi connectivity index (χ1) is 10.0. The number of carbonyl (C=O) groups excluding carboxylic acids is 1. The lowest BCUT2D eigenvalue weighted by atomic mass is 10.2. The van der Waals surface area contributed by atoms with Gasteiger partial charge in [0.25, 0.3) is 9.99 Å². The van der Waals surface area contributed by atoms with Gasteiger partial charge in [-0.1, -0.05) is 29.8 Å². The van der Waals surface area contributed by atoms with Gasteiger partial charge in [0.05, 0.1) is 6.54 Å². The minimum Gasteiger partial charge on any atom is -0.269 e. The molecule has 0 unspecified atom stereocenters. The van der Waals surface area contributed by atoms with Gasteiger partial charge in [-0.3, -0.25) is 9.63 Å². The molecule has 1 aliphatic heterocycles. The van der Waals surface area contributed by atoms with Crippen molar-refractivity contribution in [1.29, 1.82) is 0 Å². The molecule has 1 heterocycles. The van der Waals surface area contributed by atoms with Crippen molar-refractivity contribution in [2.45, 2.75) is 10.6 Å². The van der Waals surface area contributed by atoms with E-state index < -0.39 is 36.3 Å². The Hall–Kier alpha value is -1.16. The number of rotatable bonds is 4. The fraction of sp³-hybridized carbons (Fsp3) is 0.417. The number of sulfone groups is 2. The molecular formula is C12H14ClNO6S2. The van der Waals surface area contributed by atoms with Gasteiger partial charge in [0.2, 0.25) is 0 Å². The van der Waals surface area contributed by atoms with E-state index >= 15 is 0 Å². The summed E-state index contributed by atoms with van der Waals surface area (Å²) in [5, 5.41) is 1.08. The van der Waals surface area contributed by atoms with Crippen molar-refractivity contribution in [1.82, 2.24) is 5.06 Å². The van der Waals surface area contributed by atoms with E-state index in [1.54, 1.807) is 24.3 Å². The Labute approximate surface area is 133 Å². The van der Waals surface area contributed by atoms with Gasteiger partial charge in [0, 0.05) is 17.5 Å². The van der Waals surface area contributed by atoms with Crippen molar-refractivity contribution in [2.24, 2.45) is 0 Å². The molecule has 1 amide bonds. The van der Waals surface area contributed by atoms with Crippen LogP contribution in [0.3, 0.4) is 0 Å². The van der Waals surface area contributed by atoms with Crippen molar-refractivity contribution in [3.05, 3.63) is 34.9 Å². The molecule has 7 nitrogen and oxygen atoms in total. The Morgan fingerprint density at radius 3 is 2.18 bits per heavy atom. The van der Waals surface area contributed by atoms with Crippen molar-refractivity contribution < 1.29 is 26.5 Å². The predicted molar refractivity (Wildman–Crippen MR) is 80.4 cm³/mol. The molecule has 0 bridgehead atoms. The van der Waals surface area contributed by atoms with Crippen LogP contribution in [0.15, 0.2) is 24.3 Å². The van der Waals surface area contributed by atoms with E-state index in [1.165, 1.54) is 0 Å². The molecule has 0 aromatic heterocycles. The molecule has 1 saturated heterocycles. The van der Waals surface area contributed by atoms with Crippen LogP contribution >= 0.6 is 11.6 Å². The number of halogens is 1. The van der Waals surface area contributed by atoms with Gasteiger partial charge in [-0.2, -0.15) is 0 Å². The quantitative estimate of drug-likeness (QED) is 0.764. The zero-order valence-electron chi connectivity index (χ0n) is 11.8. The highest BCUT2D eigenvalue weighted by atomic mass is 35.5. The van der Waals surface area contributed by atoms with Gasteiger partial charge >= 0.3 is 0 Å². The molecule has 0 saturated carbocycles. The summed E-state index contributed by atoms with van der Waals surface area (Å²) in [6.45, 7) is -0.917. The largest absolute Gasteiger partial charge is 0.286 e. The van der Waals surface area contributed by atoms with Crippen LogP contribution in [-0.2, 0) is 35.9 Å². The number of carbonyl (C=O) groups is 1. The SMILES string of the molecule is CS(=O)(=O)C1(S(C)(=O)=O)CON(Cc2ccccc2Cl)C1=O. The van der Waals surface area contributed by atoms with E-state index in [-0.39, 0.29) is 6.54 Å². The van der Waals surface area contributed by atoms with Crippen LogP contribution < -0.4 is 0 Å². The predicted octanol–water partition coefficient (Wildman–Crippen LogP) is 0.399. The molecule has 1 aliphatic rings. The molecule has 122 valence electrons. The van der Waals surface area contributed by atoms with E-state index in [0.717, 1.165) is 5.06 Å². The van der Waals surface area contributed by atoms with E-state index in [4.69, 9.17) is 16.4 Å². The average Bonchev–Trinajstić information content (AvgIpc) is 2.70. The molecular weight excluding hydrogens is 354 g/mol. The van der Waals surface area contributed by atoms with Gasteiger partial charge < -0.3 is 0 Å². The summed E-state index contributed by atoms with van der Waals surface area (Å²) in [6.07, 6.45) is 1.41. The zero-order valence-corrected chi connectivity index (χ0v) is 14.2. The molecule has 0 aliphatic carbocycles. The third kappa shape index (κ3) is 2.62. The maximum absolute atomic E-state index is 12.4. The molecule has 0 spiro atoms. The van der Waals surface area contributed by atoms with Crippen molar-refractivity contribution in [3.63, 3.8) is 0 Å². The standard InChI is InChI=1S/C12H14ClNO6S2/c1-21(16,17)12(22(2,18)19)8-20-14(11(12)15)7-9-5-3-4-6-10(9)13/h3-6H,7-8H2,1-2H3. The summed E-state index contributed by atoms with van der Waals surface area (Å²) in [4.78, 5) is 17.5. The molecule has 0 N–H and O–H groups in total. The average molecular weight is 368 g/mol. The van der Waals surface area contributed by atoms with Crippen LogP contribution in [0.4, 0.5) is 0 Å². The Kier molecular flexibility index (Phi) is 4.29. The first-order valence-corrected chi connectivity index (χ1v) is 10.2. The van der Waals surface area contributed by atoms with Gasteiger partial charge in [0.1, 0.15) is 6.61 Å². The maximum Gasteiger partial charge on any atom is 0.286 e. The molecule has 0 atom stereocenters. The van der Waals surface area contributed by atoms with Gasteiger partial charge in [-0.05, 0) is 11.6 Å². The Morgan fingerprint density at radius 2 is 1.73 bits per heavy atom. The number of nitrogens with zero attached hydrogens (tertiary/aromatic N) is 1. The highest BCUT2D eigenvalue weighted by Crippen LogP contribution is 2.34. The van der Waals surface area contributed by atoms with Gasteiger partial charge in [-0.25, -0.2) is 21.9 Å². The van der Waals surface area contributed by atoms with Crippen molar-refractivity contribution >= 4 is 37.2 Å². The second kappa shape index (κ2) is 5.48. The molecule has 1 aromatic rings. The van der Waals surface area contributed by atoms with E-state index in [2.05, 4.69) is 0 Å². The van der Waals surface area contributed by atoms with Crippen LogP contribution in [-0.4, -0.2) is 51.0 Å². The summed E-state index contributed by atoms with van der Waals surface area (Å²) >= 11 is 5.97. The fourth-order valence-corrected chi connectivity index (χ4v) is 5.95. The Morgan fingerprint density at radius 1 is 1.18 bits per heavy atom. The number of hydroxylamine groups is 2. The molecule has 0 radical (unpaired) electrons. The summed E-state index contributed by atoms with van der Waals surface area (Å²) in [7, 11) is -8.49. The van der Waals surface area contributed by atoms with Gasteiger partial charge in [-0.15, -0.1) is 0 Å². The second-order valence-electron chi connectivity index (χ2n) is 5.00. The minimum atomic E-state index is -4.24. The summed E-state index contributed by atoms with van der Waals surface area (Å²) in [5.74, 6) is -1.13. The van der Waals surface area contributed by atoms with E-state index in [9.17, 15) is 21.6 Å². The Balaban J connectivity index is 2.43. The smallest absolute Gasteiger partial charge is 0.269 e. The van der Waals surface area contributed by atoms with Gasteiger partial charge in [0.15, 0.2) is 19.7 Å². The lowest BCUT2D eigenvalue weighted by molar-refractivity contribution is -0.164. The molecule has 2 rings (SSSR count). The van der Waals surface area contributed by atoms with Crippen LogP contribution in [0, 0.1) is 0 Å². The monoisotopic (exact) mass is 367 g/mol. The van der Waals surface area contributed by atoms with E-state index in [1.807, 2.05) is 0 Å². The molecule has 22 heavy (non-hydrogen) atoms. The van der Waals surface area contributed by atoms with Crippen LogP contribution in [0.1, 0.15) is 5.56 Å². The highest BCUT2D eigenvalue weighted by molar-refractivity contribution is 8.11. The van der Waals surface area contributed by atoms with Crippen LogP contribution in [0.5, 0.6) is 0 Å². The molecule has 1 fully saturated rings.